The first kappa shape index (κ1) is 16.0. The zero-order chi connectivity index (χ0) is 15.1. The lowest BCUT2D eigenvalue weighted by Crippen LogP contribution is -2.23. The van der Waals surface area contributed by atoms with Crippen LogP contribution in [0.1, 0.15) is 44.5 Å². The van der Waals surface area contributed by atoms with Crippen molar-refractivity contribution in [2.45, 2.75) is 46.5 Å². The average molecular weight is 292 g/mol. The first-order chi connectivity index (χ1) is 10.2. The molecule has 1 aromatic heterocycles. The fourth-order valence-electron chi connectivity index (χ4n) is 2.60. The van der Waals surface area contributed by atoms with Crippen molar-refractivity contribution in [3.8, 4) is 0 Å². The summed E-state index contributed by atoms with van der Waals surface area (Å²) in [7, 11) is 0. The van der Waals surface area contributed by atoms with Crippen molar-refractivity contribution >= 4 is 11.6 Å². The van der Waals surface area contributed by atoms with Crippen LogP contribution in [0, 0.1) is 12.8 Å². The molecule has 0 bridgehead atoms. The largest absolute Gasteiger partial charge is 0.381 e. The van der Waals surface area contributed by atoms with Crippen LogP contribution in [-0.4, -0.2) is 36.3 Å². The van der Waals surface area contributed by atoms with Gasteiger partial charge in [0.2, 0.25) is 0 Å². The predicted molar refractivity (Wildman–Crippen MR) is 87.0 cm³/mol. The third-order valence-corrected chi connectivity index (χ3v) is 3.91. The number of anilines is 2. The smallest absolute Gasteiger partial charge is 0.134 e. The molecule has 2 N–H and O–H groups in total. The number of nitrogens with zero attached hydrogens (tertiary/aromatic N) is 2. The number of nitrogens with one attached hydrogen (secondary N) is 2. The van der Waals surface area contributed by atoms with Crippen molar-refractivity contribution in [2.75, 3.05) is 36.9 Å². The molecule has 1 aliphatic heterocycles. The van der Waals surface area contributed by atoms with Crippen molar-refractivity contribution in [3.63, 3.8) is 0 Å². The minimum atomic E-state index is 0.685. The molecule has 2 heterocycles. The summed E-state index contributed by atoms with van der Waals surface area (Å²) < 4.78 is 5.41. The van der Waals surface area contributed by atoms with Gasteiger partial charge in [-0.25, -0.2) is 9.97 Å². The summed E-state index contributed by atoms with van der Waals surface area (Å²) in [6.07, 6.45) is 4.26. The number of ether oxygens (including phenoxy) is 1. The fourth-order valence-corrected chi connectivity index (χ4v) is 2.60. The Morgan fingerprint density at radius 3 is 2.38 bits per heavy atom. The summed E-state index contributed by atoms with van der Waals surface area (Å²) in [5.41, 5.74) is 1.11. The number of aromatic nitrogens is 2. The molecule has 5 heteroatoms. The molecule has 1 aromatic rings. The predicted octanol–water partition coefficient (Wildman–Crippen LogP) is 3.01. The summed E-state index contributed by atoms with van der Waals surface area (Å²) >= 11 is 0. The van der Waals surface area contributed by atoms with E-state index in [1.165, 1.54) is 0 Å². The molecule has 0 radical (unpaired) electrons. The lowest BCUT2D eigenvalue weighted by molar-refractivity contribution is 0.0699. The van der Waals surface area contributed by atoms with Crippen LogP contribution in [0.25, 0.3) is 0 Å². The first-order valence-corrected chi connectivity index (χ1v) is 8.17. The van der Waals surface area contributed by atoms with Crippen LogP contribution < -0.4 is 10.6 Å². The van der Waals surface area contributed by atoms with Gasteiger partial charge in [-0.3, -0.25) is 0 Å². The molecule has 0 amide bonds. The van der Waals surface area contributed by atoms with Crippen molar-refractivity contribution in [1.29, 1.82) is 0 Å². The Labute approximate surface area is 127 Å². The topological polar surface area (TPSA) is 59.1 Å². The molecular formula is C16H28N4O. The Hall–Kier alpha value is -1.36. The van der Waals surface area contributed by atoms with E-state index < -0.39 is 0 Å². The summed E-state index contributed by atoms with van der Waals surface area (Å²) in [4.78, 5) is 9.32. The van der Waals surface area contributed by atoms with Crippen LogP contribution in [0.2, 0.25) is 0 Å². The van der Waals surface area contributed by atoms with E-state index in [1.54, 1.807) is 0 Å². The third kappa shape index (κ3) is 4.56. The van der Waals surface area contributed by atoms with Gasteiger partial charge in [0.1, 0.15) is 17.5 Å². The molecular weight excluding hydrogens is 264 g/mol. The molecule has 0 aromatic carbocycles. The molecule has 0 saturated carbocycles. The Balaban J connectivity index is 2.08. The van der Waals surface area contributed by atoms with Crippen molar-refractivity contribution < 1.29 is 4.74 Å². The highest BCUT2D eigenvalue weighted by molar-refractivity contribution is 5.57. The quantitative estimate of drug-likeness (QED) is 0.809. The van der Waals surface area contributed by atoms with Crippen LogP contribution in [0.3, 0.4) is 0 Å². The van der Waals surface area contributed by atoms with Gasteiger partial charge < -0.3 is 15.4 Å². The van der Waals surface area contributed by atoms with E-state index in [9.17, 15) is 0 Å². The second kappa shape index (κ2) is 8.17. The standard InChI is InChI=1S/C16H28N4O/c1-4-6-14-19-15(17-5-2)12(3)16(20-14)18-11-13-7-9-21-10-8-13/h13H,4-11H2,1-3H3,(H2,17,18,19,20). The summed E-state index contributed by atoms with van der Waals surface area (Å²) in [5.74, 6) is 3.56. The zero-order valence-electron chi connectivity index (χ0n) is 13.5. The second-order valence-corrected chi connectivity index (χ2v) is 5.68. The number of aryl methyl sites for hydroxylation is 1. The zero-order valence-corrected chi connectivity index (χ0v) is 13.5. The Morgan fingerprint density at radius 1 is 1.10 bits per heavy atom. The molecule has 0 aliphatic carbocycles. The van der Waals surface area contributed by atoms with Gasteiger partial charge in [0.25, 0.3) is 0 Å². The van der Waals surface area contributed by atoms with Crippen molar-refractivity contribution in [2.24, 2.45) is 5.92 Å². The summed E-state index contributed by atoms with van der Waals surface area (Å²) in [5, 5.41) is 6.88. The molecule has 21 heavy (non-hydrogen) atoms. The normalized spacial score (nSPS) is 16.0. The molecule has 1 aliphatic rings. The molecule has 2 rings (SSSR count). The molecule has 0 unspecified atom stereocenters. The minimum absolute atomic E-state index is 0.685. The maximum absolute atomic E-state index is 5.41. The van der Waals surface area contributed by atoms with Gasteiger partial charge in [-0.1, -0.05) is 6.92 Å². The average Bonchev–Trinajstić information content (AvgIpc) is 2.50. The number of hydrogen-bond donors (Lipinski definition) is 2. The van der Waals surface area contributed by atoms with E-state index in [0.717, 1.165) is 75.0 Å². The monoisotopic (exact) mass is 292 g/mol. The molecule has 5 nitrogen and oxygen atoms in total. The highest BCUT2D eigenvalue weighted by Gasteiger charge is 2.15. The molecule has 1 fully saturated rings. The molecule has 0 spiro atoms. The van der Waals surface area contributed by atoms with E-state index in [4.69, 9.17) is 9.72 Å². The maximum atomic E-state index is 5.41. The third-order valence-electron chi connectivity index (χ3n) is 3.91. The van der Waals surface area contributed by atoms with Crippen LogP contribution in [0.15, 0.2) is 0 Å². The van der Waals surface area contributed by atoms with E-state index >= 15 is 0 Å². The van der Waals surface area contributed by atoms with Crippen molar-refractivity contribution in [1.82, 2.24) is 9.97 Å². The molecule has 118 valence electrons. The van der Waals surface area contributed by atoms with Gasteiger partial charge >= 0.3 is 0 Å². The van der Waals surface area contributed by atoms with Gasteiger partial charge in [0.15, 0.2) is 0 Å². The number of rotatable bonds is 7. The first-order valence-electron chi connectivity index (χ1n) is 8.17. The fraction of sp³-hybridized carbons (Fsp3) is 0.750. The Morgan fingerprint density at radius 2 is 1.76 bits per heavy atom. The summed E-state index contributed by atoms with van der Waals surface area (Å²) in [6.45, 7) is 9.96. The molecule has 1 saturated heterocycles. The van der Waals surface area contributed by atoms with E-state index in [1.807, 2.05) is 0 Å². The number of hydrogen-bond acceptors (Lipinski definition) is 5. The van der Waals surface area contributed by atoms with Crippen LogP contribution >= 0.6 is 0 Å². The van der Waals surface area contributed by atoms with Gasteiger partial charge in [-0.15, -0.1) is 0 Å². The molecule has 0 atom stereocenters. The Bertz CT molecular complexity index is 444. The SMILES string of the molecule is CCCc1nc(NCC)c(C)c(NCC2CCOCC2)n1. The lowest BCUT2D eigenvalue weighted by Gasteiger charge is -2.23. The van der Waals surface area contributed by atoms with Crippen LogP contribution in [-0.2, 0) is 11.2 Å². The van der Waals surface area contributed by atoms with Gasteiger partial charge in [-0.05, 0) is 39.0 Å². The minimum Gasteiger partial charge on any atom is -0.381 e. The lowest BCUT2D eigenvalue weighted by atomic mass is 10.0. The second-order valence-electron chi connectivity index (χ2n) is 5.68. The summed E-state index contributed by atoms with van der Waals surface area (Å²) in [6, 6.07) is 0. The van der Waals surface area contributed by atoms with Gasteiger partial charge in [0, 0.05) is 38.3 Å². The maximum Gasteiger partial charge on any atom is 0.134 e. The highest BCUT2D eigenvalue weighted by atomic mass is 16.5. The Kier molecular flexibility index (Phi) is 6.23. The van der Waals surface area contributed by atoms with E-state index in [0.29, 0.717) is 5.92 Å². The van der Waals surface area contributed by atoms with Gasteiger partial charge in [0.05, 0.1) is 0 Å². The van der Waals surface area contributed by atoms with Crippen LogP contribution in [0.4, 0.5) is 11.6 Å². The highest BCUT2D eigenvalue weighted by Crippen LogP contribution is 2.22. The van der Waals surface area contributed by atoms with Gasteiger partial charge in [-0.2, -0.15) is 0 Å². The van der Waals surface area contributed by atoms with E-state index in [2.05, 4.69) is 36.4 Å². The van der Waals surface area contributed by atoms with E-state index in [-0.39, 0.29) is 0 Å². The van der Waals surface area contributed by atoms with Crippen LogP contribution in [0.5, 0.6) is 0 Å². The van der Waals surface area contributed by atoms with Crippen molar-refractivity contribution in [3.05, 3.63) is 11.4 Å².